The number of nitrogens with zero attached hydrogens (tertiary/aromatic N) is 1. The predicted molar refractivity (Wildman–Crippen MR) is 122 cm³/mol. The Hall–Kier alpha value is -2.55. The molecule has 0 bridgehead atoms. The molecule has 5 rings (SSSR count). The van der Waals surface area contributed by atoms with Crippen molar-refractivity contribution in [2.45, 2.75) is 25.0 Å². The number of halogens is 2. The fourth-order valence-corrected chi connectivity index (χ4v) is 5.07. The van der Waals surface area contributed by atoms with Crippen LogP contribution < -0.4 is 10.2 Å². The Morgan fingerprint density at radius 2 is 2.09 bits per heavy atom. The highest BCUT2D eigenvalue weighted by molar-refractivity contribution is 9.10. The van der Waals surface area contributed by atoms with Crippen LogP contribution in [0.15, 0.2) is 44.0 Å². The van der Waals surface area contributed by atoms with Gasteiger partial charge in [-0.05, 0) is 64.7 Å². The van der Waals surface area contributed by atoms with E-state index < -0.39 is 6.04 Å². The molecule has 9 heteroatoms. The van der Waals surface area contributed by atoms with E-state index in [2.05, 4.69) is 15.9 Å². The topological polar surface area (TPSA) is 89.2 Å². The maximum absolute atomic E-state index is 13.6. The van der Waals surface area contributed by atoms with E-state index in [0.29, 0.717) is 39.2 Å². The molecule has 1 amide bonds. The summed E-state index contributed by atoms with van der Waals surface area (Å²) in [6, 6.07) is 7.31. The van der Waals surface area contributed by atoms with Crippen LogP contribution in [0.3, 0.4) is 0 Å². The Kier molecular flexibility index (Phi) is 5.39. The van der Waals surface area contributed by atoms with Gasteiger partial charge in [0.25, 0.3) is 5.91 Å². The molecule has 3 heterocycles. The molecule has 2 aliphatic heterocycles. The Morgan fingerprint density at radius 3 is 2.81 bits per heavy atom. The summed E-state index contributed by atoms with van der Waals surface area (Å²) in [4.78, 5) is 28.6. The van der Waals surface area contributed by atoms with E-state index in [1.807, 2.05) is 0 Å². The van der Waals surface area contributed by atoms with Gasteiger partial charge in [0.15, 0.2) is 16.9 Å². The van der Waals surface area contributed by atoms with Crippen molar-refractivity contribution in [1.82, 2.24) is 4.90 Å². The smallest absolute Gasteiger partial charge is 0.291 e. The SMILES string of the molecule is COc1cc(C2c3c(oc4ccc(Cl)cc4c3=O)C(=O)N2CC2CCCO2)cc(Br)c1O. The van der Waals surface area contributed by atoms with Crippen molar-refractivity contribution < 1.29 is 23.8 Å². The highest BCUT2D eigenvalue weighted by Crippen LogP contribution is 2.44. The largest absolute Gasteiger partial charge is 0.503 e. The number of amides is 1. The van der Waals surface area contributed by atoms with Crippen LogP contribution in [0.5, 0.6) is 11.5 Å². The molecule has 2 atom stereocenters. The van der Waals surface area contributed by atoms with E-state index in [0.717, 1.165) is 12.8 Å². The van der Waals surface area contributed by atoms with Gasteiger partial charge in [-0.2, -0.15) is 0 Å². The van der Waals surface area contributed by atoms with E-state index in [9.17, 15) is 14.7 Å². The average Bonchev–Trinajstić information content (AvgIpc) is 3.38. The third-order valence-electron chi connectivity index (χ3n) is 5.94. The Balaban J connectivity index is 1.74. The second-order valence-corrected chi connectivity index (χ2v) is 9.15. The number of hydrogen-bond acceptors (Lipinski definition) is 6. The van der Waals surface area contributed by atoms with Gasteiger partial charge in [-0.1, -0.05) is 11.6 Å². The van der Waals surface area contributed by atoms with Gasteiger partial charge >= 0.3 is 0 Å². The third-order valence-corrected chi connectivity index (χ3v) is 6.78. The summed E-state index contributed by atoms with van der Waals surface area (Å²) in [6.07, 6.45) is 1.62. The molecular weight excluding hydrogens is 502 g/mol. The minimum absolute atomic E-state index is 0.0102. The summed E-state index contributed by atoms with van der Waals surface area (Å²) in [5.41, 5.74) is 0.821. The zero-order chi connectivity index (χ0) is 22.6. The zero-order valence-electron chi connectivity index (χ0n) is 17.1. The highest BCUT2D eigenvalue weighted by atomic mass is 79.9. The Morgan fingerprint density at radius 1 is 1.28 bits per heavy atom. The molecule has 1 fully saturated rings. The van der Waals surface area contributed by atoms with E-state index in [1.54, 1.807) is 35.2 Å². The summed E-state index contributed by atoms with van der Waals surface area (Å²) in [5, 5.41) is 11.0. The van der Waals surface area contributed by atoms with E-state index >= 15 is 0 Å². The van der Waals surface area contributed by atoms with E-state index in [-0.39, 0.29) is 40.3 Å². The van der Waals surface area contributed by atoms with Gasteiger partial charge in [0, 0.05) is 18.2 Å². The van der Waals surface area contributed by atoms with Crippen molar-refractivity contribution in [2.75, 3.05) is 20.3 Å². The fraction of sp³-hybridized carbons (Fsp3) is 0.304. The number of carbonyl (C=O) groups excluding carboxylic acids is 1. The minimum atomic E-state index is -0.730. The van der Waals surface area contributed by atoms with Crippen LogP contribution in [0.2, 0.25) is 5.02 Å². The molecule has 32 heavy (non-hydrogen) atoms. The Bertz CT molecular complexity index is 1300. The molecule has 3 aromatic rings. The lowest BCUT2D eigenvalue weighted by molar-refractivity contribution is 0.0486. The molecule has 0 radical (unpaired) electrons. The minimum Gasteiger partial charge on any atom is -0.503 e. The number of phenolic OH excluding ortho intramolecular Hbond substituents is 1. The first-order valence-electron chi connectivity index (χ1n) is 10.1. The number of phenols is 1. The molecule has 7 nitrogen and oxygen atoms in total. The van der Waals surface area contributed by atoms with Gasteiger partial charge < -0.3 is 23.9 Å². The Labute approximate surface area is 196 Å². The highest BCUT2D eigenvalue weighted by Gasteiger charge is 2.44. The van der Waals surface area contributed by atoms with Crippen molar-refractivity contribution in [3.05, 3.63) is 66.9 Å². The van der Waals surface area contributed by atoms with Crippen LogP contribution in [0.4, 0.5) is 0 Å². The normalized spacial score (nSPS) is 20.2. The number of ether oxygens (including phenoxy) is 2. The second kappa shape index (κ2) is 8.10. The fourth-order valence-electron chi connectivity index (χ4n) is 4.44. The van der Waals surface area contributed by atoms with Gasteiger partial charge in [0.05, 0.1) is 34.7 Å². The summed E-state index contributed by atoms with van der Waals surface area (Å²) < 4.78 is 17.4. The second-order valence-electron chi connectivity index (χ2n) is 7.86. The van der Waals surface area contributed by atoms with Crippen molar-refractivity contribution in [1.29, 1.82) is 0 Å². The molecule has 0 aliphatic carbocycles. The summed E-state index contributed by atoms with van der Waals surface area (Å²) in [6.45, 7) is 0.952. The molecule has 0 spiro atoms. The molecule has 1 N–H and O–H groups in total. The van der Waals surface area contributed by atoms with Gasteiger partial charge in [-0.15, -0.1) is 0 Å². The lowest BCUT2D eigenvalue weighted by atomic mass is 9.97. The first-order chi connectivity index (χ1) is 15.4. The van der Waals surface area contributed by atoms with Crippen molar-refractivity contribution in [3.8, 4) is 11.5 Å². The summed E-state index contributed by atoms with van der Waals surface area (Å²) in [7, 11) is 1.44. The number of benzene rings is 2. The third kappa shape index (κ3) is 3.37. The van der Waals surface area contributed by atoms with Gasteiger partial charge in [-0.3, -0.25) is 9.59 Å². The molecule has 0 saturated carbocycles. The van der Waals surface area contributed by atoms with Crippen LogP contribution in [-0.4, -0.2) is 42.3 Å². The summed E-state index contributed by atoms with van der Waals surface area (Å²) in [5.74, 6) is -0.210. The van der Waals surface area contributed by atoms with Crippen molar-refractivity contribution >= 4 is 44.4 Å². The average molecular weight is 521 g/mol. The van der Waals surface area contributed by atoms with E-state index in [4.69, 9.17) is 25.5 Å². The van der Waals surface area contributed by atoms with Crippen LogP contribution in [0, 0.1) is 0 Å². The number of aromatic hydroxyl groups is 1. The maximum Gasteiger partial charge on any atom is 0.291 e. The first kappa shape index (κ1) is 21.3. The molecule has 2 aliphatic rings. The lowest BCUT2D eigenvalue weighted by Crippen LogP contribution is -2.36. The molecule has 2 aromatic carbocycles. The number of hydrogen-bond donors (Lipinski definition) is 1. The van der Waals surface area contributed by atoms with Crippen molar-refractivity contribution in [2.24, 2.45) is 0 Å². The van der Waals surface area contributed by atoms with Gasteiger partial charge in [0.1, 0.15) is 5.58 Å². The van der Waals surface area contributed by atoms with Crippen LogP contribution >= 0.6 is 27.5 Å². The van der Waals surface area contributed by atoms with Crippen LogP contribution in [-0.2, 0) is 4.74 Å². The van der Waals surface area contributed by atoms with Crippen LogP contribution in [0.1, 0.15) is 40.6 Å². The molecule has 1 saturated heterocycles. The predicted octanol–water partition coefficient (Wildman–Crippen LogP) is 4.65. The quantitative estimate of drug-likeness (QED) is 0.539. The zero-order valence-corrected chi connectivity index (χ0v) is 19.4. The number of fused-ring (bicyclic) bond motifs is 2. The first-order valence-corrected chi connectivity index (χ1v) is 11.3. The number of rotatable bonds is 4. The van der Waals surface area contributed by atoms with Crippen LogP contribution in [0.25, 0.3) is 11.0 Å². The van der Waals surface area contributed by atoms with Crippen molar-refractivity contribution in [3.63, 3.8) is 0 Å². The van der Waals surface area contributed by atoms with Gasteiger partial charge in [-0.25, -0.2) is 0 Å². The maximum atomic E-state index is 13.6. The lowest BCUT2D eigenvalue weighted by Gasteiger charge is -2.28. The molecule has 1 aromatic heterocycles. The van der Waals surface area contributed by atoms with E-state index in [1.165, 1.54) is 7.11 Å². The molecular formula is C23H19BrClNO6. The molecule has 2 unspecified atom stereocenters. The van der Waals surface area contributed by atoms with Gasteiger partial charge in [0.2, 0.25) is 5.76 Å². The number of methoxy groups -OCH3 is 1. The molecule has 166 valence electrons. The number of carbonyl (C=O) groups is 1. The monoisotopic (exact) mass is 519 g/mol. The standard InChI is InChI=1S/C23H19BrClNO6/c1-30-17-8-11(7-15(24)21(17)28)19-18-20(27)14-9-12(25)4-5-16(14)32-22(18)23(29)26(19)10-13-3-2-6-31-13/h4-5,7-9,13,19,28H,2-3,6,10H2,1H3. The summed E-state index contributed by atoms with van der Waals surface area (Å²) >= 11 is 9.46.